The van der Waals surface area contributed by atoms with Crippen LogP contribution in [-0.4, -0.2) is 42.7 Å². The second-order valence-electron chi connectivity index (χ2n) is 8.33. The Balaban J connectivity index is 1.26. The second-order valence-corrected chi connectivity index (χ2v) is 8.33. The highest BCUT2D eigenvalue weighted by molar-refractivity contribution is 5.98. The molecule has 6 nitrogen and oxygen atoms in total. The Kier molecular flexibility index (Phi) is 6.35. The van der Waals surface area contributed by atoms with Gasteiger partial charge in [-0.25, -0.2) is 0 Å². The fraction of sp³-hybridized carbons (Fsp3) is 0.400. The number of hydrogen-bond donors (Lipinski definition) is 1. The number of fused-ring (bicyclic) bond motifs is 1. The van der Waals surface area contributed by atoms with E-state index in [1.807, 2.05) is 29.2 Å². The molecule has 6 heteroatoms. The van der Waals surface area contributed by atoms with Crippen molar-refractivity contribution in [2.45, 2.75) is 32.1 Å². The van der Waals surface area contributed by atoms with Crippen LogP contribution in [0.15, 0.2) is 48.5 Å². The van der Waals surface area contributed by atoms with Gasteiger partial charge in [0.2, 0.25) is 11.8 Å². The molecule has 1 atom stereocenters. The van der Waals surface area contributed by atoms with Crippen LogP contribution in [-0.2, 0) is 16.0 Å². The molecule has 2 aliphatic rings. The van der Waals surface area contributed by atoms with Crippen molar-refractivity contribution < 1.29 is 19.1 Å². The number of rotatable bonds is 6. The molecule has 0 radical (unpaired) electrons. The molecule has 0 spiro atoms. The van der Waals surface area contributed by atoms with Gasteiger partial charge in [0.1, 0.15) is 5.75 Å². The van der Waals surface area contributed by atoms with Crippen LogP contribution in [0.5, 0.6) is 5.75 Å². The number of carbonyl (C=O) groups is 3. The largest absolute Gasteiger partial charge is 0.497 e. The third kappa shape index (κ3) is 4.79. The van der Waals surface area contributed by atoms with Gasteiger partial charge in [0.15, 0.2) is 5.78 Å². The Morgan fingerprint density at radius 3 is 2.48 bits per heavy atom. The van der Waals surface area contributed by atoms with Crippen LogP contribution in [0.25, 0.3) is 0 Å². The molecule has 4 rings (SSSR count). The predicted molar refractivity (Wildman–Crippen MR) is 118 cm³/mol. The van der Waals surface area contributed by atoms with E-state index in [9.17, 15) is 14.4 Å². The zero-order chi connectivity index (χ0) is 21.8. The Bertz CT molecular complexity index is 962. The number of carbonyl (C=O) groups excluding carboxylic acids is 3. The van der Waals surface area contributed by atoms with Crippen LogP contribution in [0.4, 0.5) is 5.69 Å². The van der Waals surface area contributed by atoms with Gasteiger partial charge in [0.05, 0.1) is 7.11 Å². The lowest BCUT2D eigenvalue weighted by Gasteiger charge is -2.32. The molecule has 1 unspecified atom stereocenters. The molecule has 2 aromatic rings. The van der Waals surface area contributed by atoms with E-state index in [-0.39, 0.29) is 29.4 Å². The summed E-state index contributed by atoms with van der Waals surface area (Å²) in [5, 5.41) is 2.95. The Labute approximate surface area is 182 Å². The van der Waals surface area contributed by atoms with Crippen molar-refractivity contribution in [2.24, 2.45) is 11.8 Å². The van der Waals surface area contributed by atoms with Crippen LogP contribution >= 0.6 is 0 Å². The summed E-state index contributed by atoms with van der Waals surface area (Å²) in [4.78, 5) is 39.7. The molecule has 31 heavy (non-hydrogen) atoms. The number of ketones is 1. The molecule has 1 N–H and O–H groups in total. The highest BCUT2D eigenvalue weighted by Gasteiger charge is 2.30. The number of likely N-dealkylation sites (tertiary alicyclic amines) is 1. The highest BCUT2D eigenvalue weighted by atomic mass is 16.5. The van der Waals surface area contributed by atoms with Gasteiger partial charge in [-0.2, -0.15) is 0 Å². The summed E-state index contributed by atoms with van der Waals surface area (Å²) in [6, 6.07) is 15.0. The topological polar surface area (TPSA) is 75.7 Å². The molecule has 0 bridgehead atoms. The standard InChI is InChI=1S/C25H28N2O4/c1-31-21-9-6-17(7-10-21)24(29)18-12-14-27(15-13-18)23(28)11-8-20-16-19-4-2-3-5-22(19)26-25(20)30/h2-7,9-10,18,20H,8,11-16H2,1H3,(H,26,30). The maximum absolute atomic E-state index is 12.8. The van der Waals surface area contributed by atoms with Crippen molar-refractivity contribution in [3.05, 3.63) is 59.7 Å². The highest BCUT2D eigenvalue weighted by Crippen LogP contribution is 2.28. The summed E-state index contributed by atoms with van der Waals surface area (Å²) < 4.78 is 5.15. The maximum atomic E-state index is 12.8. The summed E-state index contributed by atoms with van der Waals surface area (Å²) in [6.45, 7) is 1.18. The molecule has 1 saturated heterocycles. The normalized spacial score (nSPS) is 18.8. The molecule has 0 aliphatic carbocycles. The average molecular weight is 421 g/mol. The van der Waals surface area contributed by atoms with E-state index < -0.39 is 0 Å². The molecule has 2 amide bonds. The maximum Gasteiger partial charge on any atom is 0.227 e. The lowest BCUT2D eigenvalue weighted by atomic mass is 9.88. The second kappa shape index (κ2) is 9.33. The van der Waals surface area contributed by atoms with E-state index in [1.54, 1.807) is 31.4 Å². The number of ether oxygens (including phenoxy) is 1. The van der Waals surface area contributed by atoms with E-state index in [0.717, 1.165) is 17.0 Å². The van der Waals surface area contributed by atoms with Gasteiger partial charge in [0, 0.05) is 42.6 Å². The first-order chi connectivity index (χ1) is 15.0. The lowest BCUT2D eigenvalue weighted by Crippen LogP contribution is -2.40. The molecule has 2 aliphatic heterocycles. The van der Waals surface area contributed by atoms with Crippen LogP contribution in [0, 0.1) is 11.8 Å². The first kappa shape index (κ1) is 21.1. The van der Waals surface area contributed by atoms with Crippen molar-refractivity contribution in [1.82, 2.24) is 4.90 Å². The minimum Gasteiger partial charge on any atom is -0.497 e. The third-order valence-electron chi connectivity index (χ3n) is 6.41. The number of nitrogens with one attached hydrogen (secondary N) is 1. The number of nitrogens with zero attached hydrogens (tertiary/aromatic N) is 1. The minimum absolute atomic E-state index is 0.00436. The number of amides is 2. The summed E-state index contributed by atoms with van der Waals surface area (Å²) in [5.41, 5.74) is 2.69. The summed E-state index contributed by atoms with van der Waals surface area (Å²) in [7, 11) is 1.60. The van der Waals surface area contributed by atoms with Crippen LogP contribution in [0.1, 0.15) is 41.6 Å². The molecular weight excluding hydrogens is 392 g/mol. The molecule has 162 valence electrons. The first-order valence-corrected chi connectivity index (χ1v) is 10.9. The number of hydrogen-bond acceptors (Lipinski definition) is 4. The van der Waals surface area contributed by atoms with Gasteiger partial charge in [-0.1, -0.05) is 18.2 Å². The fourth-order valence-corrected chi connectivity index (χ4v) is 4.48. The zero-order valence-electron chi connectivity index (χ0n) is 17.8. The van der Waals surface area contributed by atoms with Gasteiger partial charge in [-0.15, -0.1) is 0 Å². The number of anilines is 1. The quantitative estimate of drug-likeness (QED) is 0.723. The van der Waals surface area contributed by atoms with Gasteiger partial charge < -0.3 is 15.0 Å². The SMILES string of the molecule is COc1ccc(C(=O)C2CCN(C(=O)CCC3Cc4ccccc4NC3=O)CC2)cc1. The van der Waals surface area contributed by atoms with E-state index in [2.05, 4.69) is 5.32 Å². The predicted octanol–water partition coefficient (Wildman–Crippen LogP) is 3.71. The first-order valence-electron chi connectivity index (χ1n) is 10.9. The molecule has 2 aromatic carbocycles. The minimum atomic E-state index is -0.173. The van der Waals surface area contributed by atoms with E-state index in [0.29, 0.717) is 50.8 Å². The van der Waals surface area contributed by atoms with E-state index in [4.69, 9.17) is 4.74 Å². The monoisotopic (exact) mass is 420 g/mol. The molecule has 1 fully saturated rings. The zero-order valence-corrected chi connectivity index (χ0v) is 17.8. The van der Waals surface area contributed by atoms with Gasteiger partial charge in [-0.05, 0) is 61.6 Å². The van der Waals surface area contributed by atoms with Crippen LogP contribution in [0.2, 0.25) is 0 Å². The van der Waals surface area contributed by atoms with E-state index >= 15 is 0 Å². The number of benzene rings is 2. The van der Waals surface area contributed by atoms with Crippen molar-refractivity contribution in [1.29, 1.82) is 0 Å². The summed E-state index contributed by atoms with van der Waals surface area (Å²) >= 11 is 0. The smallest absolute Gasteiger partial charge is 0.227 e. The molecule has 0 aromatic heterocycles. The average Bonchev–Trinajstić information content (AvgIpc) is 2.82. The molecular formula is C25H28N2O4. The number of Topliss-reactive ketones (excluding diaryl/α,β-unsaturated/α-hetero) is 1. The third-order valence-corrected chi connectivity index (χ3v) is 6.41. The molecule has 0 saturated carbocycles. The van der Waals surface area contributed by atoms with Gasteiger partial charge in [-0.3, -0.25) is 14.4 Å². The van der Waals surface area contributed by atoms with Crippen LogP contribution in [0.3, 0.4) is 0 Å². The Morgan fingerprint density at radius 1 is 1.06 bits per heavy atom. The van der Waals surface area contributed by atoms with Gasteiger partial charge in [0.25, 0.3) is 0 Å². The Morgan fingerprint density at radius 2 is 1.77 bits per heavy atom. The van der Waals surface area contributed by atoms with Crippen molar-refractivity contribution in [3.63, 3.8) is 0 Å². The Hall–Kier alpha value is -3.15. The number of para-hydroxylation sites is 1. The number of piperidine rings is 1. The molecule has 2 heterocycles. The van der Waals surface area contributed by atoms with Crippen molar-refractivity contribution in [3.8, 4) is 5.75 Å². The fourth-order valence-electron chi connectivity index (χ4n) is 4.48. The summed E-state index contributed by atoms with van der Waals surface area (Å²) in [6.07, 6.45) is 2.93. The van der Waals surface area contributed by atoms with Crippen LogP contribution < -0.4 is 10.1 Å². The lowest BCUT2D eigenvalue weighted by molar-refractivity contribution is -0.133. The summed E-state index contributed by atoms with van der Waals surface area (Å²) in [5.74, 6) is 0.697. The van der Waals surface area contributed by atoms with E-state index in [1.165, 1.54) is 0 Å². The van der Waals surface area contributed by atoms with Crippen molar-refractivity contribution in [2.75, 3.05) is 25.5 Å². The number of methoxy groups -OCH3 is 1. The van der Waals surface area contributed by atoms with Crippen molar-refractivity contribution >= 4 is 23.3 Å². The van der Waals surface area contributed by atoms with Gasteiger partial charge >= 0.3 is 0 Å².